The molecule has 0 bridgehead atoms. The minimum atomic E-state index is -2.63. The van der Waals surface area contributed by atoms with Gasteiger partial charge in [-0.2, -0.15) is 0 Å². The molecule has 0 spiro atoms. The minimum Gasteiger partial charge on any atom is -0.402 e. The maximum Gasteiger partial charge on any atom is 0.264 e. The number of aryl methyl sites for hydroxylation is 1. The van der Waals surface area contributed by atoms with Crippen molar-refractivity contribution in [3.63, 3.8) is 0 Å². The Hall–Kier alpha value is -2.57. The lowest BCUT2D eigenvalue weighted by Crippen LogP contribution is -2.05. The van der Waals surface area contributed by atoms with E-state index in [0.29, 0.717) is 11.4 Å². The van der Waals surface area contributed by atoms with Crippen molar-refractivity contribution in [2.24, 2.45) is 5.73 Å². The number of benzene rings is 1. The molecule has 110 valence electrons. The highest BCUT2D eigenvalue weighted by atomic mass is 19.3. The van der Waals surface area contributed by atoms with E-state index in [-0.39, 0.29) is 22.8 Å². The van der Waals surface area contributed by atoms with E-state index in [9.17, 15) is 8.78 Å². The SMILES string of the molecule is CC(N)=Cc1nc(N)nnc1-c1ccc(C)cc1C(F)F. The third-order valence-electron chi connectivity index (χ3n) is 2.79. The highest BCUT2D eigenvalue weighted by Crippen LogP contribution is 2.32. The molecule has 0 aliphatic heterocycles. The van der Waals surface area contributed by atoms with Gasteiger partial charge in [-0.15, -0.1) is 10.2 Å². The van der Waals surface area contributed by atoms with Gasteiger partial charge in [0.05, 0.1) is 5.69 Å². The molecule has 1 heterocycles. The number of anilines is 1. The van der Waals surface area contributed by atoms with E-state index in [1.54, 1.807) is 26.0 Å². The average molecular weight is 291 g/mol. The lowest BCUT2D eigenvalue weighted by atomic mass is 10.0. The topological polar surface area (TPSA) is 90.7 Å². The highest BCUT2D eigenvalue weighted by molar-refractivity contribution is 5.73. The number of halogens is 2. The number of nitrogen functional groups attached to an aromatic ring is 1. The number of nitrogens with two attached hydrogens (primary N) is 2. The quantitative estimate of drug-likeness (QED) is 0.907. The molecule has 7 heteroatoms. The van der Waals surface area contributed by atoms with Gasteiger partial charge in [0.1, 0.15) is 5.69 Å². The summed E-state index contributed by atoms with van der Waals surface area (Å²) >= 11 is 0. The van der Waals surface area contributed by atoms with Crippen LogP contribution in [0.1, 0.15) is 30.2 Å². The van der Waals surface area contributed by atoms with Crippen LogP contribution in [0.4, 0.5) is 14.7 Å². The average Bonchev–Trinajstić information content (AvgIpc) is 2.38. The minimum absolute atomic E-state index is 0.0445. The van der Waals surface area contributed by atoms with Gasteiger partial charge in [-0.1, -0.05) is 17.7 Å². The van der Waals surface area contributed by atoms with Crippen LogP contribution in [0.3, 0.4) is 0 Å². The summed E-state index contributed by atoms with van der Waals surface area (Å²) < 4.78 is 26.5. The lowest BCUT2D eigenvalue weighted by Gasteiger charge is -2.11. The second-order valence-corrected chi connectivity index (χ2v) is 4.68. The van der Waals surface area contributed by atoms with Crippen molar-refractivity contribution in [1.82, 2.24) is 15.2 Å². The number of hydrogen-bond acceptors (Lipinski definition) is 5. The van der Waals surface area contributed by atoms with Gasteiger partial charge in [-0.05, 0) is 26.0 Å². The summed E-state index contributed by atoms with van der Waals surface area (Å²) in [5.74, 6) is -0.0445. The fourth-order valence-corrected chi connectivity index (χ4v) is 1.94. The van der Waals surface area contributed by atoms with Crippen LogP contribution in [-0.2, 0) is 0 Å². The highest BCUT2D eigenvalue weighted by Gasteiger charge is 2.18. The van der Waals surface area contributed by atoms with Crippen molar-refractivity contribution in [3.05, 3.63) is 40.7 Å². The van der Waals surface area contributed by atoms with Crippen molar-refractivity contribution >= 4 is 12.0 Å². The first-order chi connectivity index (χ1) is 9.88. The molecule has 0 amide bonds. The molecule has 5 nitrogen and oxygen atoms in total. The van der Waals surface area contributed by atoms with Crippen molar-refractivity contribution in [1.29, 1.82) is 0 Å². The van der Waals surface area contributed by atoms with Crippen molar-refractivity contribution < 1.29 is 8.78 Å². The molecule has 0 saturated carbocycles. The smallest absolute Gasteiger partial charge is 0.264 e. The third kappa shape index (κ3) is 3.31. The largest absolute Gasteiger partial charge is 0.402 e. The Morgan fingerprint density at radius 3 is 2.62 bits per heavy atom. The zero-order valence-electron chi connectivity index (χ0n) is 11.6. The van der Waals surface area contributed by atoms with E-state index in [0.717, 1.165) is 5.56 Å². The number of alkyl halides is 2. The van der Waals surface area contributed by atoms with E-state index in [1.807, 2.05) is 0 Å². The van der Waals surface area contributed by atoms with Crippen LogP contribution in [0.15, 0.2) is 23.9 Å². The van der Waals surface area contributed by atoms with Crippen LogP contribution in [0.5, 0.6) is 0 Å². The lowest BCUT2D eigenvalue weighted by molar-refractivity contribution is 0.152. The zero-order chi connectivity index (χ0) is 15.6. The summed E-state index contributed by atoms with van der Waals surface area (Å²) in [4.78, 5) is 4.02. The predicted molar refractivity (Wildman–Crippen MR) is 77.2 cm³/mol. The maximum atomic E-state index is 13.2. The molecule has 2 rings (SSSR count). The fraction of sp³-hybridized carbons (Fsp3) is 0.214. The van der Waals surface area contributed by atoms with Gasteiger partial charge < -0.3 is 11.5 Å². The van der Waals surface area contributed by atoms with E-state index < -0.39 is 6.43 Å². The second-order valence-electron chi connectivity index (χ2n) is 4.68. The standard InChI is InChI=1S/C14H15F2N5/c1-7-3-4-9(10(5-7)13(15)16)12-11(6-8(2)17)19-14(18)21-20-12/h3-6,13H,17H2,1-2H3,(H2,18,19,21). The summed E-state index contributed by atoms with van der Waals surface area (Å²) in [6.07, 6.45) is -1.11. The molecule has 4 N–H and O–H groups in total. The molecular formula is C14H15F2N5. The van der Waals surface area contributed by atoms with Gasteiger partial charge in [0.15, 0.2) is 0 Å². The first kappa shape index (κ1) is 14.8. The number of rotatable bonds is 3. The molecule has 1 aromatic heterocycles. The van der Waals surface area contributed by atoms with Crippen LogP contribution < -0.4 is 11.5 Å². The van der Waals surface area contributed by atoms with Gasteiger partial charge >= 0.3 is 0 Å². The summed E-state index contributed by atoms with van der Waals surface area (Å²) in [7, 11) is 0. The Balaban J connectivity index is 2.70. The van der Waals surface area contributed by atoms with Crippen molar-refractivity contribution in [2.45, 2.75) is 20.3 Å². The molecule has 0 aliphatic rings. The Labute approximate surface area is 120 Å². The fourth-order valence-electron chi connectivity index (χ4n) is 1.94. The second kappa shape index (κ2) is 5.82. The maximum absolute atomic E-state index is 13.2. The monoisotopic (exact) mass is 291 g/mol. The summed E-state index contributed by atoms with van der Waals surface area (Å²) in [6.45, 7) is 3.40. The summed E-state index contributed by atoms with van der Waals surface area (Å²) in [5, 5.41) is 7.55. The van der Waals surface area contributed by atoms with Gasteiger partial charge in [-0.25, -0.2) is 13.8 Å². The molecular weight excluding hydrogens is 276 g/mol. The molecule has 21 heavy (non-hydrogen) atoms. The summed E-state index contributed by atoms with van der Waals surface area (Å²) in [5.41, 5.74) is 13.0. The van der Waals surface area contributed by atoms with Crippen LogP contribution in [0, 0.1) is 6.92 Å². The van der Waals surface area contributed by atoms with Crippen molar-refractivity contribution in [2.75, 3.05) is 5.73 Å². The number of aromatic nitrogens is 3. The molecule has 0 atom stereocenters. The molecule has 0 saturated heterocycles. The number of allylic oxidation sites excluding steroid dienone is 1. The van der Waals surface area contributed by atoms with Gasteiger partial charge in [0, 0.05) is 16.8 Å². The van der Waals surface area contributed by atoms with Gasteiger partial charge in [0.2, 0.25) is 5.95 Å². The third-order valence-corrected chi connectivity index (χ3v) is 2.79. The Bertz CT molecular complexity index is 694. The summed E-state index contributed by atoms with van der Waals surface area (Å²) in [6, 6.07) is 4.71. The first-order valence-electron chi connectivity index (χ1n) is 6.21. The van der Waals surface area contributed by atoms with Crippen LogP contribution in [-0.4, -0.2) is 15.2 Å². The molecule has 0 aliphatic carbocycles. The Morgan fingerprint density at radius 2 is 2.00 bits per heavy atom. The van der Waals surface area contributed by atoms with Crippen molar-refractivity contribution in [3.8, 4) is 11.3 Å². The van der Waals surface area contributed by atoms with Gasteiger partial charge in [-0.3, -0.25) is 0 Å². The number of hydrogen-bond donors (Lipinski definition) is 2. The van der Waals surface area contributed by atoms with Gasteiger partial charge in [0.25, 0.3) is 6.43 Å². The number of nitrogens with zero attached hydrogens (tertiary/aromatic N) is 3. The van der Waals surface area contributed by atoms with E-state index in [2.05, 4.69) is 15.2 Å². The molecule has 0 unspecified atom stereocenters. The molecule has 1 aromatic carbocycles. The Kier molecular flexibility index (Phi) is 4.11. The first-order valence-corrected chi connectivity index (χ1v) is 6.21. The van der Waals surface area contributed by atoms with Crippen LogP contribution in [0.2, 0.25) is 0 Å². The van der Waals surface area contributed by atoms with Crippen LogP contribution in [0.25, 0.3) is 17.3 Å². The zero-order valence-corrected chi connectivity index (χ0v) is 11.6. The van der Waals surface area contributed by atoms with E-state index in [1.165, 1.54) is 12.1 Å². The predicted octanol–water partition coefficient (Wildman–Crippen LogP) is 2.69. The normalized spacial score (nSPS) is 12.0. The molecule has 2 aromatic rings. The molecule has 0 radical (unpaired) electrons. The van der Waals surface area contributed by atoms with E-state index in [4.69, 9.17) is 11.5 Å². The molecule has 0 fully saturated rings. The Morgan fingerprint density at radius 1 is 1.29 bits per heavy atom. The van der Waals surface area contributed by atoms with Crippen LogP contribution >= 0.6 is 0 Å². The van der Waals surface area contributed by atoms with E-state index >= 15 is 0 Å².